The van der Waals surface area contributed by atoms with Gasteiger partial charge in [-0.25, -0.2) is 9.97 Å². The van der Waals surface area contributed by atoms with E-state index < -0.39 is 0 Å². The lowest BCUT2D eigenvalue weighted by Gasteiger charge is -2.27. The lowest BCUT2D eigenvalue weighted by molar-refractivity contribution is -0.121. The van der Waals surface area contributed by atoms with Crippen LogP contribution < -0.4 is 10.2 Å². The summed E-state index contributed by atoms with van der Waals surface area (Å²) in [6.07, 6.45) is 2.91. The molecule has 0 aliphatic rings. The third kappa shape index (κ3) is 5.51. The molecule has 0 aliphatic heterocycles. The lowest BCUT2D eigenvalue weighted by atomic mass is 10.1. The van der Waals surface area contributed by atoms with Crippen molar-refractivity contribution in [1.29, 1.82) is 0 Å². The Labute approximate surface area is 182 Å². The van der Waals surface area contributed by atoms with Crippen LogP contribution in [0, 0.1) is 5.92 Å². The predicted octanol–water partition coefficient (Wildman–Crippen LogP) is 5.31. The zero-order chi connectivity index (χ0) is 21.7. The fraction of sp³-hybridized carbons (Fsp3) is 0.435. The van der Waals surface area contributed by atoms with Gasteiger partial charge in [0.1, 0.15) is 5.82 Å². The number of rotatable bonds is 9. The SMILES string of the molecule is CCC(C)NC(=O)CCN(CC(C)C)c1nc(-c2ccco2)nc2cc(Cl)ccc12. The molecule has 0 saturated heterocycles. The standard InChI is InChI=1S/C23H29ClN4O2/c1-5-16(4)25-21(29)10-11-28(14-15(2)3)23-18-9-8-17(24)13-19(18)26-22(27-23)20-7-6-12-30-20/h6-9,12-13,15-16H,5,10-11,14H2,1-4H3,(H,25,29). The average Bonchev–Trinajstić information content (AvgIpc) is 3.24. The van der Waals surface area contributed by atoms with Crippen LogP contribution in [-0.2, 0) is 4.79 Å². The Hall–Kier alpha value is -2.60. The van der Waals surface area contributed by atoms with E-state index in [0.29, 0.717) is 35.5 Å². The molecule has 160 valence electrons. The summed E-state index contributed by atoms with van der Waals surface area (Å²) in [5, 5.41) is 4.55. The van der Waals surface area contributed by atoms with E-state index >= 15 is 0 Å². The molecule has 30 heavy (non-hydrogen) atoms. The maximum Gasteiger partial charge on any atom is 0.221 e. The fourth-order valence-electron chi connectivity index (χ4n) is 3.25. The van der Waals surface area contributed by atoms with Crippen molar-refractivity contribution in [2.75, 3.05) is 18.0 Å². The van der Waals surface area contributed by atoms with E-state index in [-0.39, 0.29) is 11.9 Å². The quantitative estimate of drug-likeness (QED) is 0.500. The number of furan rings is 1. The van der Waals surface area contributed by atoms with Crippen LogP contribution >= 0.6 is 11.6 Å². The maximum atomic E-state index is 12.4. The summed E-state index contributed by atoms with van der Waals surface area (Å²) >= 11 is 6.23. The number of aromatic nitrogens is 2. The second-order valence-electron chi connectivity index (χ2n) is 7.98. The van der Waals surface area contributed by atoms with Gasteiger partial charge < -0.3 is 14.6 Å². The van der Waals surface area contributed by atoms with Crippen LogP contribution in [0.3, 0.4) is 0 Å². The number of halogens is 1. The summed E-state index contributed by atoms with van der Waals surface area (Å²) in [6.45, 7) is 9.71. The van der Waals surface area contributed by atoms with E-state index in [0.717, 1.165) is 29.7 Å². The molecular formula is C23H29ClN4O2. The van der Waals surface area contributed by atoms with Gasteiger partial charge in [-0.2, -0.15) is 0 Å². The zero-order valence-corrected chi connectivity index (χ0v) is 18.7. The number of fused-ring (bicyclic) bond motifs is 1. The second-order valence-corrected chi connectivity index (χ2v) is 8.41. The highest BCUT2D eigenvalue weighted by Crippen LogP contribution is 2.30. The molecule has 0 bridgehead atoms. The van der Waals surface area contributed by atoms with Gasteiger partial charge in [0.15, 0.2) is 11.6 Å². The van der Waals surface area contributed by atoms with E-state index in [4.69, 9.17) is 21.0 Å². The minimum absolute atomic E-state index is 0.0470. The Morgan fingerprint density at radius 3 is 2.70 bits per heavy atom. The first-order valence-electron chi connectivity index (χ1n) is 10.4. The van der Waals surface area contributed by atoms with E-state index in [2.05, 4.69) is 36.0 Å². The first-order valence-corrected chi connectivity index (χ1v) is 10.8. The zero-order valence-electron chi connectivity index (χ0n) is 18.0. The smallest absolute Gasteiger partial charge is 0.221 e. The highest BCUT2D eigenvalue weighted by atomic mass is 35.5. The van der Waals surface area contributed by atoms with Crippen LogP contribution in [0.15, 0.2) is 41.0 Å². The number of amides is 1. The maximum absolute atomic E-state index is 12.4. The summed E-state index contributed by atoms with van der Waals surface area (Å²) in [6, 6.07) is 9.42. The van der Waals surface area contributed by atoms with Crippen molar-refractivity contribution in [2.24, 2.45) is 5.92 Å². The Balaban J connectivity index is 1.98. The topological polar surface area (TPSA) is 71.3 Å². The fourth-order valence-corrected chi connectivity index (χ4v) is 3.42. The van der Waals surface area contributed by atoms with Gasteiger partial charge in [0.2, 0.25) is 5.91 Å². The Bertz CT molecular complexity index is 988. The van der Waals surface area contributed by atoms with Crippen LogP contribution in [0.5, 0.6) is 0 Å². The molecule has 0 radical (unpaired) electrons. The number of hydrogen-bond donors (Lipinski definition) is 1. The first-order chi connectivity index (χ1) is 14.4. The van der Waals surface area contributed by atoms with Crippen molar-refractivity contribution in [3.05, 3.63) is 41.6 Å². The van der Waals surface area contributed by atoms with Crippen LogP contribution in [0.2, 0.25) is 5.02 Å². The van der Waals surface area contributed by atoms with Gasteiger partial charge in [-0.05, 0) is 49.6 Å². The van der Waals surface area contributed by atoms with E-state index in [1.807, 2.05) is 37.3 Å². The molecule has 3 aromatic rings. The summed E-state index contributed by atoms with van der Waals surface area (Å²) < 4.78 is 5.53. The number of benzene rings is 1. The molecule has 0 aliphatic carbocycles. The molecule has 2 heterocycles. The van der Waals surface area contributed by atoms with E-state index in [1.165, 1.54) is 0 Å². The third-order valence-corrected chi connectivity index (χ3v) is 5.13. The molecule has 0 spiro atoms. The van der Waals surface area contributed by atoms with Crippen molar-refractivity contribution in [1.82, 2.24) is 15.3 Å². The van der Waals surface area contributed by atoms with Gasteiger partial charge in [0.25, 0.3) is 0 Å². The molecular weight excluding hydrogens is 400 g/mol. The lowest BCUT2D eigenvalue weighted by Crippen LogP contribution is -2.36. The van der Waals surface area contributed by atoms with Crippen molar-refractivity contribution in [3.63, 3.8) is 0 Å². The van der Waals surface area contributed by atoms with E-state index in [9.17, 15) is 4.79 Å². The van der Waals surface area contributed by atoms with Crippen molar-refractivity contribution >= 4 is 34.2 Å². The van der Waals surface area contributed by atoms with Crippen LogP contribution in [0.1, 0.15) is 40.5 Å². The van der Waals surface area contributed by atoms with Gasteiger partial charge in [0.05, 0.1) is 11.8 Å². The van der Waals surface area contributed by atoms with Crippen molar-refractivity contribution in [3.8, 4) is 11.6 Å². The third-order valence-electron chi connectivity index (χ3n) is 4.89. The predicted molar refractivity (Wildman–Crippen MR) is 122 cm³/mol. The molecule has 1 unspecified atom stereocenters. The Morgan fingerprint density at radius 2 is 2.03 bits per heavy atom. The summed E-state index contributed by atoms with van der Waals surface area (Å²) in [4.78, 5) is 24.0. The van der Waals surface area contributed by atoms with Gasteiger partial charge in [-0.1, -0.05) is 32.4 Å². The van der Waals surface area contributed by atoms with Crippen molar-refractivity contribution in [2.45, 2.75) is 46.6 Å². The van der Waals surface area contributed by atoms with Crippen LogP contribution in [0.25, 0.3) is 22.5 Å². The Morgan fingerprint density at radius 1 is 1.23 bits per heavy atom. The molecule has 3 rings (SSSR count). The highest BCUT2D eigenvalue weighted by Gasteiger charge is 2.19. The number of hydrogen-bond acceptors (Lipinski definition) is 5. The van der Waals surface area contributed by atoms with E-state index in [1.54, 1.807) is 6.26 Å². The van der Waals surface area contributed by atoms with Gasteiger partial charge in [0, 0.05) is 36.0 Å². The van der Waals surface area contributed by atoms with Gasteiger partial charge in [-0.3, -0.25) is 4.79 Å². The Kier molecular flexibility index (Phi) is 7.32. The second kappa shape index (κ2) is 9.94. The number of anilines is 1. The largest absolute Gasteiger partial charge is 0.461 e. The highest BCUT2D eigenvalue weighted by molar-refractivity contribution is 6.31. The molecule has 1 aromatic carbocycles. The molecule has 1 atom stereocenters. The molecule has 7 heteroatoms. The summed E-state index contributed by atoms with van der Waals surface area (Å²) in [7, 11) is 0. The minimum atomic E-state index is 0.0470. The number of nitrogens with one attached hydrogen (secondary N) is 1. The molecule has 6 nitrogen and oxygen atoms in total. The van der Waals surface area contributed by atoms with Crippen molar-refractivity contribution < 1.29 is 9.21 Å². The number of carbonyl (C=O) groups excluding carboxylic acids is 1. The molecule has 2 aromatic heterocycles. The first kappa shape index (κ1) is 22.1. The number of carbonyl (C=O) groups is 1. The van der Waals surface area contributed by atoms with Gasteiger partial charge in [-0.15, -0.1) is 0 Å². The average molecular weight is 429 g/mol. The molecule has 1 amide bonds. The molecule has 1 N–H and O–H groups in total. The molecule has 0 saturated carbocycles. The monoisotopic (exact) mass is 428 g/mol. The minimum Gasteiger partial charge on any atom is -0.461 e. The van der Waals surface area contributed by atoms with Crippen LogP contribution in [0.4, 0.5) is 5.82 Å². The normalized spacial score (nSPS) is 12.3. The molecule has 0 fully saturated rings. The van der Waals surface area contributed by atoms with Crippen LogP contribution in [-0.4, -0.2) is 35.0 Å². The van der Waals surface area contributed by atoms with Gasteiger partial charge >= 0.3 is 0 Å². The summed E-state index contributed by atoms with van der Waals surface area (Å²) in [5.74, 6) is 2.32. The number of nitrogens with zero attached hydrogens (tertiary/aromatic N) is 3. The summed E-state index contributed by atoms with van der Waals surface area (Å²) in [5.41, 5.74) is 0.747.